The van der Waals surface area contributed by atoms with Gasteiger partial charge in [-0.2, -0.15) is 0 Å². The Hall–Kier alpha value is -1.33. The minimum atomic E-state index is -3.49. The van der Waals surface area contributed by atoms with Crippen LogP contribution in [0, 0.1) is 13.8 Å². The van der Waals surface area contributed by atoms with Crippen LogP contribution in [-0.4, -0.2) is 13.6 Å². The highest BCUT2D eigenvalue weighted by atomic mass is 35.5. The summed E-state index contributed by atoms with van der Waals surface area (Å²) in [6.07, 6.45) is 0. The highest BCUT2D eigenvalue weighted by molar-refractivity contribution is 7.90. The van der Waals surface area contributed by atoms with Gasteiger partial charge in [0, 0.05) is 5.56 Å². The summed E-state index contributed by atoms with van der Waals surface area (Å²) in [6, 6.07) is 6.39. The quantitative estimate of drug-likeness (QED) is 0.870. The third kappa shape index (κ3) is 2.42. The first-order chi connectivity index (χ1) is 8.42. The van der Waals surface area contributed by atoms with Crippen molar-refractivity contribution in [1.29, 1.82) is 0 Å². The molecule has 6 heteroatoms. The summed E-state index contributed by atoms with van der Waals surface area (Å²) in [5, 5.41) is 3.97. The van der Waals surface area contributed by atoms with Gasteiger partial charge in [-0.05, 0) is 26.0 Å². The fourth-order valence-corrected chi connectivity index (χ4v) is 3.76. The fraction of sp³-hybridized carbons (Fsp3) is 0.250. The number of sulfone groups is 1. The van der Waals surface area contributed by atoms with E-state index >= 15 is 0 Å². The lowest BCUT2D eigenvalue weighted by Crippen LogP contribution is -2.06. The van der Waals surface area contributed by atoms with Crippen LogP contribution in [0.1, 0.15) is 17.0 Å². The Bertz CT molecular complexity index is 657. The normalized spacial score (nSPS) is 11.7. The van der Waals surface area contributed by atoms with Gasteiger partial charge in [0.05, 0.1) is 21.4 Å². The first-order valence-electron chi connectivity index (χ1n) is 5.31. The van der Waals surface area contributed by atoms with Gasteiger partial charge in [0.15, 0.2) is 9.84 Å². The zero-order valence-corrected chi connectivity index (χ0v) is 11.5. The van der Waals surface area contributed by atoms with Crippen molar-refractivity contribution in [3.63, 3.8) is 0 Å². The molecule has 0 radical (unpaired) electrons. The van der Waals surface area contributed by atoms with Crippen molar-refractivity contribution in [3.8, 4) is 0 Å². The Morgan fingerprint density at radius 3 is 2.50 bits per heavy atom. The van der Waals surface area contributed by atoms with Crippen molar-refractivity contribution in [2.75, 3.05) is 0 Å². The topological polar surface area (TPSA) is 60.2 Å². The molecule has 0 saturated heterocycles. The molecular weight excluding hydrogens is 274 g/mol. The van der Waals surface area contributed by atoms with Crippen LogP contribution in [0.4, 0.5) is 0 Å². The van der Waals surface area contributed by atoms with Crippen LogP contribution in [0.25, 0.3) is 0 Å². The molecule has 1 aromatic heterocycles. The van der Waals surface area contributed by atoms with Crippen LogP contribution in [0.5, 0.6) is 0 Å². The molecule has 0 N–H and O–H groups in total. The van der Waals surface area contributed by atoms with Crippen LogP contribution in [0.3, 0.4) is 0 Å². The predicted molar refractivity (Wildman–Crippen MR) is 68.3 cm³/mol. The van der Waals surface area contributed by atoms with Gasteiger partial charge < -0.3 is 4.52 Å². The lowest BCUT2D eigenvalue weighted by molar-refractivity contribution is 0.392. The average molecular weight is 286 g/mol. The van der Waals surface area contributed by atoms with Gasteiger partial charge in [0.2, 0.25) is 0 Å². The number of hydrogen-bond acceptors (Lipinski definition) is 4. The van der Waals surface area contributed by atoms with E-state index in [1.165, 1.54) is 6.07 Å². The molecule has 2 rings (SSSR count). The van der Waals surface area contributed by atoms with E-state index < -0.39 is 9.84 Å². The number of nitrogens with zero attached hydrogens (tertiary/aromatic N) is 1. The Kier molecular flexibility index (Phi) is 3.45. The maximum absolute atomic E-state index is 12.3. The maximum Gasteiger partial charge on any atom is 0.184 e. The van der Waals surface area contributed by atoms with Gasteiger partial charge in [-0.1, -0.05) is 28.9 Å². The molecule has 1 heterocycles. The van der Waals surface area contributed by atoms with Gasteiger partial charge in [0.25, 0.3) is 0 Å². The van der Waals surface area contributed by atoms with Crippen molar-refractivity contribution in [1.82, 2.24) is 5.16 Å². The molecule has 0 fully saturated rings. The van der Waals surface area contributed by atoms with Gasteiger partial charge in [-0.25, -0.2) is 8.42 Å². The highest BCUT2D eigenvalue weighted by Gasteiger charge is 2.22. The Morgan fingerprint density at radius 1 is 1.28 bits per heavy atom. The number of halogens is 1. The Balaban J connectivity index is 2.43. The second kappa shape index (κ2) is 4.74. The van der Waals surface area contributed by atoms with Crippen molar-refractivity contribution >= 4 is 21.4 Å². The minimum Gasteiger partial charge on any atom is -0.361 e. The summed E-state index contributed by atoms with van der Waals surface area (Å²) in [5.41, 5.74) is 1.18. The molecule has 0 aliphatic carbocycles. The number of aromatic nitrogens is 1. The standard InChI is InChI=1S/C12H12ClNO3S/c1-8-10(9(2)17-14-8)7-18(15,16)12-6-4-3-5-11(12)13/h3-6H,7H2,1-2H3. The summed E-state index contributed by atoms with van der Waals surface area (Å²) in [6.45, 7) is 3.41. The predicted octanol–water partition coefficient (Wildman–Crippen LogP) is 2.92. The van der Waals surface area contributed by atoms with E-state index in [1.807, 2.05) is 0 Å². The van der Waals surface area contributed by atoms with Crippen LogP contribution in [0.2, 0.25) is 5.02 Å². The van der Waals surface area contributed by atoms with Gasteiger partial charge in [-0.3, -0.25) is 0 Å². The van der Waals surface area contributed by atoms with Gasteiger partial charge in [0.1, 0.15) is 5.76 Å². The van der Waals surface area contributed by atoms with E-state index in [9.17, 15) is 8.42 Å². The third-order valence-electron chi connectivity index (χ3n) is 2.69. The van der Waals surface area contributed by atoms with Crippen LogP contribution >= 0.6 is 11.6 Å². The van der Waals surface area contributed by atoms with E-state index in [1.54, 1.807) is 32.0 Å². The molecule has 0 atom stereocenters. The average Bonchev–Trinajstić information content (AvgIpc) is 2.61. The molecule has 0 saturated carbocycles. The van der Waals surface area contributed by atoms with Crippen molar-refractivity contribution in [2.24, 2.45) is 0 Å². The number of aryl methyl sites for hydroxylation is 2. The molecule has 0 aliphatic rings. The van der Waals surface area contributed by atoms with E-state index in [-0.39, 0.29) is 15.7 Å². The molecule has 0 amide bonds. The van der Waals surface area contributed by atoms with E-state index in [2.05, 4.69) is 5.16 Å². The molecule has 18 heavy (non-hydrogen) atoms. The molecule has 1 aromatic carbocycles. The smallest absolute Gasteiger partial charge is 0.184 e. The molecule has 0 bridgehead atoms. The lowest BCUT2D eigenvalue weighted by atomic mass is 10.2. The highest BCUT2D eigenvalue weighted by Crippen LogP contribution is 2.26. The molecule has 0 unspecified atom stereocenters. The lowest BCUT2D eigenvalue weighted by Gasteiger charge is -2.05. The first kappa shape index (κ1) is 13.1. The molecule has 2 aromatic rings. The van der Waals surface area contributed by atoms with Crippen molar-refractivity contribution in [2.45, 2.75) is 24.5 Å². The maximum atomic E-state index is 12.3. The number of benzene rings is 1. The molecule has 0 spiro atoms. The zero-order valence-electron chi connectivity index (χ0n) is 9.97. The van der Waals surface area contributed by atoms with Crippen LogP contribution in [0.15, 0.2) is 33.7 Å². The summed E-state index contributed by atoms with van der Waals surface area (Å²) >= 11 is 5.91. The Labute approximate surface area is 110 Å². The molecule has 4 nitrogen and oxygen atoms in total. The van der Waals surface area contributed by atoms with E-state index in [0.717, 1.165) is 0 Å². The summed E-state index contributed by atoms with van der Waals surface area (Å²) in [5.74, 6) is 0.362. The number of rotatable bonds is 3. The van der Waals surface area contributed by atoms with E-state index in [4.69, 9.17) is 16.1 Å². The summed E-state index contributed by atoms with van der Waals surface area (Å²) in [7, 11) is -3.49. The largest absolute Gasteiger partial charge is 0.361 e. The van der Waals surface area contributed by atoms with Crippen LogP contribution in [-0.2, 0) is 15.6 Å². The monoisotopic (exact) mass is 285 g/mol. The molecule has 0 aliphatic heterocycles. The fourth-order valence-electron chi connectivity index (χ4n) is 1.67. The third-order valence-corrected chi connectivity index (χ3v) is 4.82. The minimum absolute atomic E-state index is 0.131. The zero-order chi connectivity index (χ0) is 13.3. The van der Waals surface area contributed by atoms with Gasteiger partial charge >= 0.3 is 0 Å². The van der Waals surface area contributed by atoms with Crippen molar-refractivity contribution in [3.05, 3.63) is 46.3 Å². The van der Waals surface area contributed by atoms with E-state index in [0.29, 0.717) is 17.0 Å². The molecule has 96 valence electrons. The van der Waals surface area contributed by atoms with Gasteiger partial charge in [-0.15, -0.1) is 0 Å². The number of hydrogen-bond donors (Lipinski definition) is 0. The Morgan fingerprint density at radius 2 is 1.94 bits per heavy atom. The summed E-state index contributed by atoms with van der Waals surface area (Å²) < 4.78 is 29.5. The second-order valence-electron chi connectivity index (χ2n) is 3.99. The van der Waals surface area contributed by atoms with Crippen molar-refractivity contribution < 1.29 is 12.9 Å². The second-order valence-corrected chi connectivity index (χ2v) is 6.36. The molecular formula is C12H12ClNO3S. The van der Waals surface area contributed by atoms with Crippen LogP contribution < -0.4 is 0 Å². The SMILES string of the molecule is Cc1noc(C)c1CS(=O)(=O)c1ccccc1Cl. The first-order valence-corrected chi connectivity index (χ1v) is 7.34. The summed E-state index contributed by atoms with van der Waals surface area (Å²) in [4.78, 5) is 0.131.